The molecule has 0 N–H and O–H groups in total. The molecule has 0 amide bonds. The number of carbonyl (C=O) groups excluding carboxylic acids is 1. The van der Waals surface area contributed by atoms with E-state index >= 15 is 0 Å². The number of para-hydroxylation sites is 2. The van der Waals surface area contributed by atoms with Gasteiger partial charge < -0.3 is 23.7 Å². The number of aromatic nitrogens is 2. The van der Waals surface area contributed by atoms with E-state index in [1.165, 1.54) is 18.5 Å². The lowest BCUT2D eigenvalue weighted by Gasteiger charge is -2.41. The average molecular weight is 444 g/mol. The summed E-state index contributed by atoms with van der Waals surface area (Å²) in [5, 5.41) is 0. The zero-order valence-corrected chi connectivity index (χ0v) is 18.3. The zero-order valence-electron chi connectivity index (χ0n) is 18.3. The highest BCUT2D eigenvalue weighted by Gasteiger charge is 2.30. The standard InChI is InChI=1S/C24H21N3O2.C2H4O2/c1-2-8-24(23(7-1)26-14-3-4-15-26)27-17-22(18-27)29-20-11-9-19(10-12-20)28-21-6-5-13-25-16-21;1-4-2-3/h1-16,22H,17-18H2;2H,1H3. The summed E-state index contributed by atoms with van der Waals surface area (Å²) < 4.78 is 17.9. The highest BCUT2D eigenvalue weighted by Crippen LogP contribution is 2.30. The molecule has 2 aromatic carbocycles. The minimum absolute atomic E-state index is 0.179. The van der Waals surface area contributed by atoms with Crippen LogP contribution in [-0.4, -0.2) is 42.3 Å². The van der Waals surface area contributed by atoms with Crippen molar-refractivity contribution in [2.75, 3.05) is 25.1 Å². The van der Waals surface area contributed by atoms with Crippen molar-refractivity contribution in [1.82, 2.24) is 9.55 Å². The third-order valence-corrected chi connectivity index (χ3v) is 5.05. The monoisotopic (exact) mass is 443 g/mol. The van der Waals surface area contributed by atoms with Crippen molar-refractivity contribution in [3.63, 3.8) is 0 Å². The highest BCUT2D eigenvalue weighted by molar-refractivity contribution is 5.64. The molecule has 0 atom stereocenters. The van der Waals surface area contributed by atoms with Crippen LogP contribution in [0.15, 0.2) is 97.6 Å². The predicted molar refractivity (Wildman–Crippen MR) is 126 cm³/mol. The van der Waals surface area contributed by atoms with Gasteiger partial charge in [0.2, 0.25) is 0 Å². The Kier molecular flexibility index (Phi) is 7.22. The molecule has 33 heavy (non-hydrogen) atoms. The quantitative estimate of drug-likeness (QED) is 0.385. The van der Waals surface area contributed by atoms with Crippen LogP contribution in [0.5, 0.6) is 17.2 Å². The molecule has 2 aromatic heterocycles. The van der Waals surface area contributed by atoms with Crippen LogP contribution in [0.4, 0.5) is 5.69 Å². The first-order chi connectivity index (χ1) is 16.3. The molecule has 1 saturated heterocycles. The van der Waals surface area contributed by atoms with Gasteiger partial charge in [-0.15, -0.1) is 0 Å². The molecule has 0 unspecified atom stereocenters. The van der Waals surface area contributed by atoms with Crippen molar-refractivity contribution < 1.29 is 19.0 Å². The Labute approximate surface area is 192 Å². The van der Waals surface area contributed by atoms with Crippen molar-refractivity contribution >= 4 is 12.2 Å². The summed E-state index contributed by atoms with van der Waals surface area (Å²) in [6.07, 6.45) is 7.74. The molecule has 1 aliphatic heterocycles. The highest BCUT2D eigenvalue weighted by atomic mass is 16.5. The van der Waals surface area contributed by atoms with Crippen LogP contribution in [-0.2, 0) is 9.53 Å². The summed E-state index contributed by atoms with van der Waals surface area (Å²) in [5.41, 5.74) is 2.41. The number of rotatable bonds is 7. The minimum atomic E-state index is 0.179. The van der Waals surface area contributed by atoms with E-state index in [1.807, 2.05) is 48.5 Å². The normalized spacial score (nSPS) is 12.7. The largest absolute Gasteiger partial charge is 0.487 e. The second kappa shape index (κ2) is 10.9. The van der Waals surface area contributed by atoms with Crippen LogP contribution in [0.3, 0.4) is 0 Å². The Morgan fingerprint density at radius 1 is 0.848 bits per heavy atom. The summed E-state index contributed by atoms with van der Waals surface area (Å²) >= 11 is 0. The van der Waals surface area contributed by atoms with Gasteiger partial charge in [0, 0.05) is 18.6 Å². The maximum Gasteiger partial charge on any atom is 0.292 e. The molecule has 1 fully saturated rings. The van der Waals surface area contributed by atoms with Gasteiger partial charge in [-0.25, -0.2) is 0 Å². The molecule has 0 aliphatic carbocycles. The zero-order chi connectivity index (χ0) is 22.9. The van der Waals surface area contributed by atoms with E-state index in [0.717, 1.165) is 30.3 Å². The molecule has 3 heterocycles. The molecule has 7 nitrogen and oxygen atoms in total. The molecule has 168 valence electrons. The number of pyridine rings is 1. The van der Waals surface area contributed by atoms with E-state index in [-0.39, 0.29) is 6.10 Å². The lowest BCUT2D eigenvalue weighted by molar-refractivity contribution is -0.126. The summed E-state index contributed by atoms with van der Waals surface area (Å²) in [5.74, 6) is 2.34. The Balaban J connectivity index is 0.000000601. The summed E-state index contributed by atoms with van der Waals surface area (Å²) in [6.45, 7) is 2.11. The van der Waals surface area contributed by atoms with E-state index in [2.05, 4.69) is 55.8 Å². The summed E-state index contributed by atoms with van der Waals surface area (Å²) in [4.78, 5) is 15.4. The lowest BCUT2D eigenvalue weighted by Crippen LogP contribution is -2.54. The SMILES string of the molecule is COC=O.c1cncc(Oc2ccc(OC3CN(c4ccccc4-n4cccc4)C3)cc2)c1. The van der Waals surface area contributed by atoms with Crippen molar-refractivity contribution in [2.45, 2.75) is 6.10 Å². The molecular weight excluding hydrogens is 418 g/mol. The number of ether oxygens (including phenoxy) is 3. The first-order valence-corrected chi connectivity index (χ1v) is 10.5. The van der Waals surface area contributed by atoms with Gasteiger partial charge in [0.25, 0.3) is 6.47 Å². The number of hydrogen-bond acceptors (Lipinski definition) is 6. The molecule has 4 aromatic rings. The fourth-order valence-electron chi connectivity index (χ4n) is 3.48. The third-order valence-electron chi connectivity index (χ3n) is 5.05. The van der Waals surface area contributed by atoms with Gasteiger partial charge in [0.1, 0.15) is 23.4 Å². The number of benzene rings is 2. The maximum absolute atomic E-state index is 8.95. The van der Waals surface area contributed by atoms with Crippen LogP contribution < -0.4 is 14.4 Å². The van der Waals surface area contributed by atoms with Gasteiger partial charge in [-0.05, 0) is 60.7 Å². The van der Waals surface area contributed by atoms with Crippen molar-refractivity contribution in [1.29, 1.82) is 0 Å². The summed E-state index contributed by atoms with van der Waals surface area (Å²) in [6, 6.07) is 24.0. The number of anilines is 1. The second-order valence-corrected chi connectivity index (χ2v) is 7.32. The average Bonchev–Trinajstić information content (AvgIpc) is 3.38. The second-order valence-electron chi connectivity index (χ2n) is 7.32. The van der Waals surface area contributed by atoms with Gasteiger partial charge in [-0.3, -0.25) is 9.78 Å². The molecule has 0 saturated carbocycles. The Morgan fingerprint density at radius 3 is 2.15 bits per heavy atom. The van der Waals surface area contributed by atoms with Crippen LogP contribution in [0.25, 0.3) is 5.69 Å². The topological polar surface area (TPSA) is 65.8 Å². The van der Waals surface area contributed by atoms with E-state index in [0.29, 0.717) is 6.47 Å². The molecule has 1 aliphatic rings. The van der Waals surface area contributed by atoms with Crippen LogP contribution in [0.2, 0.25) is 0 Å². The number of hydrogen-bond donors (Lipinski definition) is 0. The van der Waals surface area contributed by atoms with E-state index in [9.17, 15) is 0 Å². The van der Waals surface area contributed by atoms with Gasteiger partial charge in [0.15, 0.2) is 0 Å². The fourth-order valence-corrected chi connectivity index (χ4v) is 3.48. The van der Waals surface area contributed by atoms with E-state index in [4.69, 9.17) is 14.3 Å². The molecule has 0 bridgehead atoms. The number of nitrogens with zero attached hydrogens (tertiary/aromatic N) is 3. The van der Waals surface area contributed by atoms with E-state index < -0.39 is 0 Å². The summed E-state index contributed by atoms with van der Waals surface area (Å²) in [7, 11) is 1.31. The molecular formula is C26H25N3O4. The molecule has 0 spiro atoms. The smallest absolute Gasteiger partial charge is 0.292 e. The molecule has 0 radical (unpaired) electrons. The number of carbonyl (C=O) groups is 1. The van der Waals surface area contributed by atoms with Crippen molar-refractivity contribution in [2.24, 2.45) is 0 Å². The van der Waals surface area contributed by atoms with Gasteiger partial charge in [-0.1, -0.05) is 12.1 Å². The lowest BCUT2D eigenvalue weighted by atomic mass is 10.1. The van der Waals surface area contributed by atoms with Gasteiger partial charge >= 0.3 is 0 Å². The van der Waals surface area contributed by atoms with Crippen LogP contribution >= 0.6 is 0 Å². The van der Waals surface area contributed by atoms with Crippen LogP contribution in [0.1, 0.15) is 0 Å². The first-order valence-electron chi connectivity index (χ1n) is 10.5. The molecule has 5 rings (SSSR count). The maximum atomic E-state index is 8.95. The third kappa shape index (κ3) is 5.71. The molecule has 7 heteroatoms. The van der Waals surface area contributed by atoms with Gasteiger partial charge in [-0.2, -0.15) is 0 Å². The van der Waals surface area contributed by atoms with Crippen molar-refractivity contribution in [3.05, 3.63) is 97.6 Å². The Hall–Kier alpha value is -4.26. The van der Waals surface area contributed by atoms with E-state index in [1.54, 1.807) is 12.4 Å². The minimum Gasteiger partial charge on any atom is -0.487 e. The first kappa shape index (κ1) is 22.0. The number of methoxy groups -OCH3 is 1. The van der Waals surface area contributed by atoms with Crippen molar-refractivity contribution in [3.8, 4) is 22.9 Å². The Morgan fingerprint density at radius 2 is 1.52 bits per heavy atom. The fraction of sp³-hybridized carbons (Fsp3) is 0.154. The predicted octanol–water partition coefficient (Wildman–Crippen LogP) is 4.72. The van der Waals surface area contributed by atoms with Crippen LogP contribution in [0, 0.1) is 0 Å². The van der Waals surface area contributed by atoms with Gasteiger partial charge in [0.05, 0.1) is 37.8 Å². The Bertz CT molecular complexity index is 1130.